The first kappa shape index (κ1) is 95.0. The molecule has 0 aliphatic rings. The van der Waals surface area contributed by atoms with E-state index in [1.54, 1.807) is 71.1 Å². The van der Waals surface area contributed by atoms with Crippen molar-refractivity contribution in [3.63, 3.8) is 0 Å². The molecule has 0 saturated heterocycles. The summed E-state index contributed by atoms with van der Waals surface area (Å²) >= 11 is -0.792. The van der Waals surface area contributed by atoms with Crippen molar-refractivity contribution >= 4 is 80.5 Å². The zero-order chi connectivity index (χ0) is 60.8. The normalized spacial score (nSPS) is 10.2. The van der Waals surface area contributed by atoms with Crippen LogP contribution < -0.4 is 0 Å². The molecule has 0 fully saturated rings. The van der Waals surface area contributed by atoms with E-state index in [1.165, 1.54) is 46.6 Å². The Morgan fingerprint density at radius 1 is 0.528 bits per heavy atom. The fourth-order valence-electron chi connectivity index (χ4n) is 2.53. The molecular weight excluding hydrogens is 995 g/mol. The van der Waals surface area contributed by atoms with Crippen molar-refractivity contribution in [3.05, 3.63) is 0 Å². The number of methoxy groups -OCH3 is 1. The van der Waals surface area contributed by atoms with Crippen LogP contribution in [-0.4, -0.2) is 167 Å². The lowest BCUT2D eigenvalue weighted by Gasteiger charge is -2.18. The molecule has 22 heteroatoms. The molecule has 2 atom stereocenters. The molecule has 0 heterocycles. The van der Waals surface area contributed by atoms with Crippen LogP contribution in [-0.2, 0) is 94.4 Å². The van der Waals surface area contributed by atoms with Crippen molar-refractivity contribution in [1.82, 2.24) is 14.7 Å². The van der Waals surface area contributed by atoms with Crippen LogP contribution in [0.15, 0.2) is 0 Å². The van der Waals surface area contributed by atoms with Gasteiger partial charge in [0.25, 0.3) is 0 Å². The summed E-state index contributed by atoms with van der Waals surface area (Å²) in [6.07, 6.45) is 8.03. The van der Waals surface area contributed by atoms with Gasteiger partial charge >= 0.3 is 11.9 Å². The molecule has 0 aromatic carbocycles. The lowest BCUT2D eigenvalue weighted by atomic mass is 10.1. The predicted molar refractivity (Wildman–Crippen MR) is 304 cm³/mol. The second-order valence-corrected chi connectivity index (χ2v) is 23.8. The Labute approximate surface area is 449 Å². The van der Waals surface area contributed by atoms with Gasteiger partial charge in [-0.25, -0.2) is 15.8 Å². The Balaban J connectivity index is -0.0000000636. The Morgan fingerprint density at radius 2 is 0.861 bits per heavy atom. The number of ether oxygens (including phenoxy) is 2. The fourth-order valence-corrected chi connectivity index (χ4v) is 3.70. The summed E-state index contributed by atoms with van der Waals surface area (Å²) in [6.45, 7) is 42.5. The minimum atomic E-state index is -0.273. The first-order valence-corrected chi connectivity index (χ1v) is 28.7. The van der Waals surface area contributed by atoms with Gasteiger partial charge in [-0.15, -0.1) is 0 Å². The van der Waals surface area contributed by atoms with Crippen LogP contribution in [0.25, 0.3) is 0 Å². The summed E-state index contributed by atoms with van der Waals surface area (Å²) in [5.74, 6) is 3.47. The minimum absolute atomic E-state index is 0.0255. The largest absolute Gasteiger partial charge is 0.469 e. The lowest BCUT2D eigenvalue weighted by Crippen LogP contribution is -2.30. The molecule has 0 saturated carbocycles. The third-order valence-corrected chi connectivity index (χ3v) is 10.2. The third-order valence-electron chi connectivity index (χ3n) is 6.90. The van der Waals surface area contributed by atoms with Crippen LogP contribution in [0.5, 0.6) is 0 Å². The highest BCUT2D eigenvalue weighted by Crippen LogP contribution is 2.01. The van der Waals surface area contributed by atoms with Crippen LogP contribution in [0.3, 0.4) is 0 Å². The van der Waals surface area contributed by atoms with E-state index >= 15 is 0 Å². The van der Waals surface area contributed by atoms with Gasteiger partial charge in [-0.1, -0.05) is 55.4 Å². The number of rotatable bonds is 13. The molecule has 0 bridgehead atoms. The summed E-state index contributed by atoms with van der Waals surface area (Å²) in [5.41, 5.74) is 0. The summed E-state index contributed by atoms with van der Waals surface area (Å²) < 4.78 is 20.6. The van der Waals surface area contributed by atoms with Gasteiger partial charge in [0.1, 0.15) is 53.4 Å². The van der Waals surface area contributed by atoms with Crippen LogP contribution in [0.4, 0.5) is 0 Å². The second kappa shape index (κ2) is 66.2. The third kappa shape index (κ3) is 144. The van der Waals surface area contributed by atoms with E-state index in [0.717, 1.165) is 18.7 Å². The van der Waals surface area contributed by atoms with Gasteiger partial charge < -0.3 is 33.8 Å². The standard InChI is InChI=1S/C7H15NO.C6H13NO.C6H12O.C5H12O2S.C5H10O2.C5H10O.C4H9NO.C4H10O2S.C3H6O2.C3H6O.C2H6O2S/c1-6(2)5-8(4)7(3)9;1-5(2)7(4)6(3)8;1-5(2)4-6(3)7;1-5(2)4-8(3)7-6;1-4(2)7-5(3)6;1-4(2)5(3)6;1-4(6)5(2)3;1-4(2)7(3)6-5;1-3(4)5-2;1-3(2)4;1-5(2)4-3/h6H,5H2,1-4H3;5H,1-4H3;5H,4H2,1-3H3;5H,4H2,1-3H3;4H,1-3H3;4H,1-3H3;1-3H3;4H,1-3H3;1-2H3;1-2H3;1-2H3/p+3. The Hall–Kier alpha value is -2.83. The number of carbonyl (C=O) groups excluding carboxylic acids is 8. The van der Waals surface area contributed by atoms with E-state index in [4.69, 9.17) is 15.8 Å². The van der Waals surface area contributed by atoms with E-state index in [9.17, 15) is 38.4 Å². The maximum Gasteiger partial charge on any atom is 0.302 e. The second-order valence-electron chi connectivity index (χ2n) is 18.4. The summed E-state index contributed by atoms with van der Waals surface area (Å²) in [7, 11) is 8.42. The number of carbonyl (C=O) groups is 8. The monoisotopic (exact) mass is 1110 g/mol. The quantitative estimate of drug-likeness (QED) is 0.0672. The van der Waals surface area contributed by atoms with Crippen LogP contribution >= 0.6 is 0 Å². The molecule has 0 aromatic heterocycles. The number of amides is 3. The molecular formula is C50H112N3O16S3+3. The van der Waals surface area contributed by atoms with E-state index in [-0.39, 0.29) is 92.6 Å². The number of hydrogen-bond acceptors (Lipinski definition) is 16. The molecule has 0 aliphatic heterocycles. The minimum Gasteiger partial charge on any atom is -0.469 e. The highest BCUT2D eigenvalue weighted by Gasteiger charge is 2.17. The molecule has 3 N–H and O–H groups in total. The van der Waals surface area contributed by atoms with Crippen molar-refractivity contribution in [2.24, 2.45) is 23.7 Å². The van der Waals surface area contributed by atoms with Gasteiger partial charge in [0.15, 0.2) is 33.5 Å². The average molecular weight is 1110 g/mol. The van der Waals surface area contributed by atoms with E-state index in [1.807, 2.05) is 88.8 Å². The molecule has 0 radical (unpaired) electrons. The SMILES string of the molecule is CC(=O)C(C)C.CC(=O)CC(C)C.CC(=O)N(C)C.CC(=O)N(C)C(C)C.CC(=O)N(C)CC(C)C.CC(=O)OC(C)C.CC(C)=O.CC(C)C[S+](C)OO.CC(C)[S+](C)OO.COC(C)=O.C[S+](C)OO. The number of nitrogens with zero attached hydrogens (tertiary/aromatic N) is 3. The van der Waals surface area contributed by atoms with Gasteiger partial charge in [0, 0.05) is 93.7 Å². The summed E-state index contributed by atoms with van der Waals surface area (Å²) in [5, 5.41) is 24.2. The Bertz CT molecular complexity index is 1240. The molecule has 0 aromatic rings. The van der Waals surface area contributed by atoms with Crippen molar-refractivity contribution < 1.29 is 76.6 Å². The number of Topliss-reactive ketones (excluding diaryl/α,β-unsaturated/α-hetero) is 3. The van der Waals surface area contributed by atoms with Gasteiger partial charge in [0.2, 0.25) is 17.7 Å². The summed E-state index contributed by atoms with van der Waals surface area (Å²) in [4.78, 5) is 85.6. The zero-order valence-corrected chi connectivity index (χ0v) is 53.8. The Morgan fingerprint density at radius 3 is 0.889 bits per heavy atom. The maximum atomic E-state index is 10.6. The smallest absolute Gasteiger partial charge is 0.302 e. The topological polar surface area (TPSA) is 253 Å². The first-order chi connectivity index (χ1) is 32.2. The molecule has 72 heavy (non-hydrogen) atoms. The van der Waals surface area contributed by atoms with E-state index in [0.29, 0.717) is 29.0 Å². The zero-order valence-electron chi connectivity index (χ0n) is 51.4. The highest BCUT2D eigenvalue weighted by molar-refractivity contribution is 7.92. The fraction of sp³-hybridized carbons (Fsp3) is 0.840. The van der Waals surface area contributed by atoms with Crippen molar-refractivity contribution in [3.8, 4) is 0 Å². The lowest BCUT2D eigenvalue weighted by molar-refractivity contribution is -0.144. The van der Waals surface area contributed by atoms with Gasteiger partial charge in [0.05, 0.1) is 13.2 Å². The van der Waals surface area contributed by atoms with Crippen LogP contribution in [0.2, 0.25) is 0 Å². The molecule has 0 spiro atoms. The number of hydrogen-bond donors (Lipinski definition) is 3. The summed E-state index contributed by atoms with van der Waals surface area (Å²) in [6, 6.07) is 0.326. The highest BCUT2D eigenvalue weighted by atomic mass is 32.2. The predicted octanol–water partition coefficient (Wildman–Crippen LogP) is 9.29. The van der Waals surface area contributed by atoms with Gasteiger partial charge in [-0.2, -0.15) is 0 Å². The van der Waals surface area contributed by atoms with Crippen molar-refractivity contribution in [1.29, 1.82) is 0 Å². The van der Waals surface area contributed by atoms with Gasteiger partial charge in [-0.3, -0.25) is 28.8 Å². The molecule has 0 rings (SSSR count). The molecule has 438 valence electrons. The number of ketones is 3. The van der Waals surface area contributed by atoms with Crippen LogP contribution in [0, 0.1) is 23.7 Å². The van der Waals surface area contributed by atoms with E-state index in [2.05, 4.69) is 50.2 Å². The number of esters is 2. The van der Waals surface area contributed by atoms with E-state index < -0.39 is 0 Å². The van der Waals surface area contributed by atoms with Crippen LogP contribution in [0.1, 0.15) is 166 Å². The molecule has 19 nitrogen and oxygen atoms in total. The molecule has 0 aliphatic carbocycles. The van der Waals surface area contributed by atoms with Crippen molar-refractivity contribution in [2.45, 2.75) is 183 Å². The Kier molecular flexibility index (Phi) is 87.3. The average Bonchev–Trinajstić information content (AvgIpc) is 3.20. The maximum absolute atomic E-state index is 10.6. The van der Waals surface area contributed by atoms with Crippen molar-refractivity contribution in [2.75, 3.05) is 72.6 Å². The first-order valence-electron chi connectivity index (χ1n) is 23.4. The van der Waals surface area contributed by atoms with Gasteiger partial charge in [-0.05, 0) is 94.1 Å². The molecule has 2 unspecified atom stereocenters. The molecule has 3 amide bonds.